The van der Waals surface area contributed by atoms with Gasteiger partial charge in [0.2, 0.25) is 0 Å². The topological polar surface area (TPSA) is 54.4 Å². The summed E-state index contributed by atoms with van der Waals surface area (Å²) < 4.78 is 31.6. The Hall–Kier alpha value is -0.653. The third-order valence-electron chi connectivity index (χ3n) is 4.98. The molecule has 0 heterocycles. The van der Waals surface area contributed by atoms with E-state index in [2.05, 4.69) is 20.8 Å². The second kappa shape index (κ2) is 10.4. The minimum absolute atomic E-state index is 0.00538. The van der Waals surface area contributed by atoms with Crippen LogP contribution < -0.4 is 0 Å². The monoisotopic (exact) mass is 370 g/mol. The van der Waals surface area contributed by atoms with E-state index >= 15 is 0 Å². The van der Waals surface area contributed by atoms with Gasteiger partial charge in [-0.05, 0) is 18.2 Å². The lowest BCUT2D eigenvalue weighted by Crippen LogP contribution is -2.37. The van der Waals surface area contributed by atoms with E-state index < -0.39 is 18.2 Å². The third kappa shape index (κ3) is 7.07. The maximum atomic E-state index is 11.2. The van der Waals surface area contributed by atoms with Crippen LogP contribution >= 0.6 is 0 Å². The summed E-state index contributed by atoms with van der Waals surface area (Å²) in [7, 11) is -5.47. The molecule has 0 spiro atoms. The molecule has 1 aromatic rings. The molecule has 0 aromatic heterocycles. The molecule has 0 fully saturated rings. The van der Waals surface area contributed by atoms with Gasteiger partial charge in [-0.2, -0.15) is 8.42 Å². The van der Waals surface area contributed by atoms with E-state index in [1.807, 2.05) is 12.1 Å². The van der Waals surface area contributed by atoms with Gasteiger partial charge in [-0.15, -0.1) is 0 Å². The van der Waals surface area contributed by atoms with Crippen molar-refractivity contribution in [2.24, 2.45) is 0 Å². The Morgan fingerprint density at radius 3 is 1.58 bits per heavy atom. The molecule has 24 heavy (non-hydrogen) atoms. The molecule has 1 aromatic carbocycles. The summed E-state index contributed by atoms with van der Waals surface area (Å²) in [5.41, 5.74) is 1.23. The zero-order valence-electron chi connectivity index (χ0n) is 15.6. The maximum Gasteiger partial charge on any atom is 0.294 e. The summed E-state index contributed by atoms with van der Waals surface area (Å²) in [6.45, 7) is 6.79. The summed E-state index contributed by atoms with van der Waals surface area (Å²) in [5, 5.41) is 0. The normalized spacial score (nSPS) is 12.5. The quantitative estimate of drug-likeness (QED) is 0.370. The van der Waals surface area contributed by atoms with Gasteiger partial charge in [-0.25, -0.2) is 0 Å². The Balaban J connectivity index is 2.99. The van der Waals surface area contributed by atoms with Gasteiger partial charge in [0, 0.05) is 0 Å². The van der Waals surface area contributed by atoms with Crippen LogP contribution in [0.15, 0.2) is 29.2 Å². The predicted molar refractivity (Wildman–Crippen MR) is 105 cm³/mol. The molecule has 0 bridgehead atoms. The molecule has 0 saturated heterocycles. The van der Waals surface area contributed by atoms with Gasteiger partial charge in [-0.3, -0.25) is 4.55 Å². The average molecular weight is 371 g/mol. The molecular weight excluding hydrogens is 336 g/mol. The van der Waals surface area contributed by atoms with Gasteiger partial charge in [0.05, 0.1) is 13.0 Å². The van der Waals surface area contributed by atoms with Gasteiger partial charge < -0.3 is 0 Å². The molecule has 0 unspecified atom stereocenters. The van der Waals surface area contributed by atoms with Gasteiger partial charge in [0.1, 0.15) is 0 Å². The number of rotatable bonds is 12. The molecule has 0 aliphatic heterocycles. The van der Waals surface area contributed by atoms with Crippen molar-refractivity contribution in [1.29, 1.82) is 0 Å². The summed E-state index contributed by atoms with van der Waals surface area (Å²) in [6, 6.07) is 12.2. The molecule has 1 rings (SSSR count). The van der Waals surface area contributed by atoms with Crippen LogP contribution in [-0.4, -0.2) is 21.0 Å². The first-order valence-electron chi connectivity index (χ1n) is 9.43. The molecule has 138 valence electrons. The third-order valence-corrected chi connectivity index (χ3v) is 11.3. The number of hydrogen-bond donors (Lipinski definition) is 1. The first-order chi connectivity index (χ1) is 11.4. The van der Waals surface area contributed by atoms with Gasteiger partial charge >= 0.3 is 0 Å². The second-order valence-corrected chi connectivity index (χ2v) is 13.4. The van der Waals surface area contributed by atoms with Gasteiger partial charge in [0.15, 0.2) is 0 Å². The lowest BCUT2D eigenvalue weighted by molar-refractivity contribution is 0.483. The molecular formula is C19H34O3SSi. The van der Waals surface area contributed by atoms with Crippen molar-refractivity contribution in [3.8, 4) is 0 Å². The fourth-order valence-corrected chi connectivity index (χ4v) is 9.68. The van der Waals surface area contributed by atoms with Crippen LogP contribution in [0, 0.1) is 0 Å². The maximum absolute atomic E-state index is 11.2. The highest BCUT2D eigenvalue weighted by molar-refractivity contribution is 7.85. The van der Waals surface area contributed by atoms with Crippen LogP contribution in [0.1, 0.15) is 64.9 Å². The van der Waals surface area contributed by atoms with Crippen molar-refractivity contribution in [2.45, 2.75) is 88.4 Å². The van der Waals surface area contributed by atoms with Crippen molar-refractivity contribution in [1.82, 2.24) is 0 Å². The first-order valence-corrected chi connectivity index (χ1v) is 13.7. The summed E-state index contributed by atoms with van der Waals surface area (Å²) in [5.74, 6) is 0. The van der Waals surface area contributed by atoms with Crippen molar-refractivity contribution in [2.75, 3.05) is 0 Å². The lowest BCUT2D eigenvalue weighted by Gasteiger charge is -2.32. The Labute approximate surface area is 149 Å². The zero-order chi connectivity index (χ0) is 18.1. The van der Waals surface area contributed by atoms with E-state index in [-0.39, 0.29) is 4.90 Å². The minimum atomic E-state index is -4.09. The highest BCUT2D eigenvalue weighted by Gasteiger charge is 2.31. The fourth-order valence-electron chi connectivity index (χ4n) is 3.51. The van der Waals surface area contributed by atoms with E-state index in [9.17, 15) is 8.42 Å². The van der Waals surface area contributed by atoms with E-state index in [4.69, 9.17) is 4.55 Å². The molecule has 3 nitrogen and oxygen atoms in total. The summed E-state index contributed by atoms with van der Waals surface area (Å²) in [6.07, 6.45) is 7.66. The predicted octanol–water partition coefficient (Wildman–Crippen LogP) is 5.86. The van der Waals surface area contributed by atoms with Crippen molar-refractivity contribution < 1.29 is 13.0 Å². The fraction of sp³-hybridized carbons (Fsp3) is 0.684. The molecule has 0 aliphatic rings. The molecule has 0 saturated carbocycles. The molecule has 0 amide bonds. The summed E-state index contributed by atoms with van der Waals surface area (Å²) >= 11 is 0. The number of benzene rings is 1. The van der Waals surface area contributed by atoms with E-state index in [0.717, 1.165) is 6.04 Å². The standard InChI is InChI=1S/C19H34O3SSi/c1-4-7-14-24(15-8-5-2,16-9-6-3)17-18-10-12-19(13-11-18)23(20,21)22/h10-13H,4-9,14-17H2,1-3H3,(H,20,21,22). The van der Waals surface area contributed by atoms with Crippen molar-refractivity contribution >= 4 is 18.2 Å². The highest BCUT2D eigenvalue weighted by Crippen LogP contribution is 2.32. The van der Waals surface area contributed by atoms with E-state index in [1.165, 1.54) is 62.2 Å². The Morgan fingerprint density at radius 1 is 0.833 bits per heavy atom. The second-order valence-electron chi connectivity index (χ2n) is 7.11. The van der Waals surface area contributed by atoms with Crippen LogP contribution in [0.5, 0.6) is 0 Å². The molecule has 1 N–H and O–H groups in total. The highest BCUT2D eigenvalue weighted by atomic mass is 32.2. The Morgan fingerprint density at radius 2 is 1.25 bits per heavy atom. The van der Waals surface area contributed by atoms with Crippen LogP contribution in [0.25, 0.3) is 0 Å². The molecule has 0 radical (unpaired) electrons. The largest absolute Gasteiger partial charge is 0.294 e. The molecule has 0 atom stereocenters. The zero-order valence-corrected chi connectivity index (χ0v) is 17.4. The smallest absolute Gasteiger partial charge is 0.282 e. The SMILES string of the molecule is CCCC[Si](CCCC)(CCCC)Cc1ccc(S(=O)(=O)O)cc1. The van der Waals surface area contributed by atoms with Crippen LogP contribution in [0.3, 0.4) is 0 Å². The van der Waals surface area contributed by atoms with E-state index in [0.29, 0.717) is 0 Å². The van der Waals surface area contributed by atoms with Crippen molar-refractivity contribution in [3.05, 3.63) is 29.8 Å². The first kappa shape index (κ1) is 21.4. The summed E-state index contributed by atoms with van der Waals surface area (Å²) in [4.78, 5) is -0.00538. The van der Waals surface area contributed by atoms with Gasteiger partial charge in [-0.1, -0.05) is 95.1 Å². The Kier molecular flexibility index (Phi) is 9.24. The lowest BCUT2D eigenvalue weighted by atomic mass is 10.2. The van der Waals surface area contributed by atoms with Crippen LogP contribution in [-0.2, 0) is 16.2 Å². The van der Waals surface area contributed by atoms with Crippen LogP contribution in [0.4, 0.5) is 0 Å². The Bertz CT molecular complexity index is 545. The van der Waals surface area contributed by atoms with Crippen molar-refractivity contribution in [3.63, 3.8) is 0 Å². The average Bonchev–Trinajstić information content (AvgIpc) is 2.56. The number of unbranched alkanes of at least 4 members (excludes halogenated alkanes) is 3. The molecule has 5 heteroatoms. The molecule has 0 aliphatic carbocycles. The van der Waals surface area contributed by atoms with E-state index in [1.54, 1.807) is 12.1 Å². The number of hydrogen-bond acceptors (Lipinski definition) is 2. The minimum Gasteiger partial charge on any atom is -0.282 e. The van der Waals surface area contributed by atoms with Gasteiger partial charge in [0.25, 0.3) is 10.1 Å². The van der Waals surface area contributed by atoms with Crippen LogP contribution in [0.2, 0.25) is 18.1 Å².